The van der Waals surface area contributed by atoms with Crippen molar-refractivity contribution in [2.24, 2.45) is 5.92 Å². The van der Waals surface area contributed by atoms with Crippen LogP contribution in [0.2, 0.25) is 0 Å². The minimum atomic E-state index is 0.506. The van der Waals surface area contributed by atoms with E-state index in [1.165, 1.54) is 0 Å². The van der Waals surface area contributed by atoms with Crippen LogP contribution in [0.25, 0.3) is 10.6 Å². The normalized spacial score (nSPS) is 11.2. The second-order valence-electron chi connectivity index (χ2n) is 5.70. The standard InChI is InChI=1S/C16H19N5OS2/c1-11(2)8-21-16(18-19-20-21)24-10-13-9-23-15(17-13)12-5-4-6-14(7-12)22-3/h4-7,9,11H,8,10H2,1-3H3. The van der Waals surface area contributed by atoms with E-state index in [0.717, 1.165) is 39.5 Å². The molecule has 0 aliphatic rings. The highest BCUT2D eigenvalue weighted by Gasteiger charge is 2.11. The molecule has 2 heterocycles. The number of rotatable bonds is 7. The van der Waals surface area contributed by atoms with Crippen LogP contribution in [0.1, 0.15) is 19.5 Å². The van der Waals surface area contributed by atoms with Crippen molar-refractivity contribution < 1.29 is 4.74 Å². The zero-order chi connectivity index (χ0) is 16.9. The number of benzene rings is 1. The number of hydrogen-bond acceptors (Lipinski definition) is 7. The Morgan fingerprint density at radius 3 is 3.00 bits per heavy atom. The summed E-state index contributed by atoms with van der Waals surface area (Å²) >= 11 is 3.25. The van der Waals surface area contributed by atoms with Gasteiger partial charge >= 0.3 is 0 Å². The largest absolute Gasteiger partial charge is 0.497 e. The van der Waals surface area contributed by atoms with Gasteiger partial charge in [-0.1, -0.05) is 37.7 Å². The van der Waals surface area contributed by atoms with Crippen LogP contribution in [-0.4, -0.2) is 32.3 Å². The van der Waals surface area contributed by atoms with Crippen LogP contribution in [-0.2, 0) is 12.3 Å². The Hall–Kier alpha value is -1.93. The first-order chi connectivity index (χ1) is 11.7. The third-order valence-corrected chi connectivity index (χ3v) is 5.19. The second kappa shape index (κ2) is 7.76. The maximum Gasteiger partial charge on any atom is 0.209 e. The zero-order valence-corrected chi connectivity index (χ0v) is 15.5. The van der Waals surface area contributed by atoms with Gasteiger partial charge in [0.1, 0.15) is 10.8 Å². The fourth-order valence-electron chi connectivity index (χ4n) is 2.16. The summed E-state index contributed by atoms with van der Waals surface area (Å²) in [6.45, 7) is 5.12. The van der Waals surface area contributed by atoms with E-state index in [9.17, 15) is 0 Å². The average Bonchev–Trinajstić information content (AvgIpc) is 3.22. The summed E-state index contributed by atoms with van der Waals surface area (Å²) in [5.41, 5.74) is 2.10. The van der Waals surface area contributed by atoms with Crippen molar-refractivity contribution in [1.29, 1.82) is 0 Å². The number of hydrogen-bond donors (Lipinski definition) is 0. The molecule has 0 aliphatic carbocycles. The minimum Gasteiger partial charge on any atom is -0.497 e. The summed E-state index contributed by atoms with van der Waals surface area (Å²) < 4.78 is 7.12. The van der Waals surface area contributed by atoms with E-state index in [0.29, 0.717) is 5.92 Å². The van der Waals surface area contributed by atoms with E-state index < -0.39 is 0 Å². The number of methoxy groups -OCH3 is 1. The lowest BCUT2D eigenvalue weighted by Gasteiger charge is -2.05. The van der Waals surface area contributed by atoms with Crippen LogP contribution in [0.5, 0.6) is 5.75 Å². The monoisotopic (exact) mass is 361 g/mol. The Morgan fingerprint density at radius 1 is 1.33 bits per heavy atom. The molecule has 0 saturated heterocycles. The van der Waals surface area contributed by atoms with Gasteiger partial charge in [-0.05, 0) is 28.5 Å². The van der Waals surface area contributed by atoms with Gasteiger partial charge < -0.3 is 4.74 Å². The predicted molar refractivity (Wildman–Crippen MR) is 96.3 cm³/mol. The third-order valence-electron chi connectivity index (χ3n) is 3.25. The van der Waals surface area contributed by atoms with E-state index in [2.05, 4.69) is 34.8 Å². The number of ether oxygens (including phenoxy) is 1. The first kappa shape index (κ1) is 16.9. The first-order valence-electron chi connectivity index (χ1n) is 7.63. The molecule has 24 heavy (non-hydrogen) atoms. The van der Waals surface area contributed by atoms with Gasteiger partial charge in [-0.3, -0.25) is 0 Å². The van der Waals surface area contributed by atoms with E-state index in [-0.39, 0.29) is 0 Å². The summed E-state index contributed by atoms with van der Waals surface area (Å²) in [7, 11) is 1.67. The molecule has 3 aromatic rings. The van der Waals surface area contributed by atoms with Gasteiger partial charge in [-0.2, -0.15) is 0 Å². The van der Waals surface area contributed by atoms with Gasteiger partial charge in [0.15, 0.2) is 0 Å². The molecule has 126 valence electrons. The summed E-state index contributed by atoms with van der Waals surface area (Å²) in [5, 5.41) is 15.8. The van der Waals surface area contributed by atoms with Crippen LogP contribution < -0.4 is 4.74 Å². The van der Waals surface area contributed by atoms with Crippen molar-refractivity contribution in [1.82, 2.24) is 25.2 Å². The average molecular weight is 361 g/mol. The quantitative estimate of drug-likeness (QED) is 0.597. The lowest BCUT2D eigenvalue weighted by Crippen LogP contribution is -2.07. The maximum absolute atomic E-state index is 5.27. The summed E-state index contributed by atoms with van der Waals surface area (Å²) in [4.78, 5) is 4.71. The molecule has 0 spiro atoms. The molecule has 0 atom stereocenters. The molecule has 0 aliphatic heterocycles. The van der Waals surface area contributed by atoms with Crippen molar-refractivity contribution in [3.05, 3.63) is 35.3 Å². The molecule has 0 amide bonds. The van der Waals surface area contributed by atoms with E-state index in [1.54, 1.807) is 30.2 Å². The summed E-state index contributed by atoms with van der Waals surface area (Å²) in [5.74, 6) is 2.09. The fourth-order valence-corrected chi connectivity index (χ4v) is 3.86. The van der Waals surface area contributed by atoms with Crippen LogP contribution in [0.4, 0.5) is 0 Å². The van der Waals surface area contributed by atoms with Gasteiger partial charge in [0.2, 0.25) is 5.16 Å². The van der Waals surface area contributed by atoms with Crippen molar-refractivity contribution in [3.63, 3.8) is 0 Å². The Balaban J connectivity index is 1.67. The third kappa shape index (κ3) is 4.12. The lowest BCUT2D eigenvalue weighted by molar-refractivity contribution is 0.415. The van der Waals surface area contributed by atoms with Gasteiger partial charge in [0, 0.05) is 23.2 Å². The van der Waals surface area contributed by atoms with Crippen molar-refractivity contribution in [3.8, 4) is 16.3 Å². The molecular weight excluding hydrogens is 342 g/mol. The Morgan fingerprint density at radius 2 is 2.21 bits per heavy atom. The molecule has 0 N–H and O–H groups in total. The minimum absolute atomic E-state index is 0.506. The van der Waals surface area contributed by atoms with E-state index in [4.69, 9.17) is 9.72 Å². The second-order valence-corrected chi connectivity index (χ2v) is 7.50. The Kier molecular flexibility index (Phi) is 5.47. The molecule has 8 heteroatoms. The molecule has 3 rings (SSSR count). The molecule has 0 unspecified atom stereocenters. The summed E-state index contributed by atoms with van der Waals surface area (Å²) in [6.07, 6.45) is 0. The SMILES string of the molecule is COc1cccc(-c2nc(CSc3nnnn3CC(C)C)cs2)c1. The predicted octanol–water partition coefficient (Wildman–Crippen LogP) is 3.75. The van der Waals surface area contributed by atoms with Crippen LogP contribution in [0, 0.1) is 5.92 Å². The van der Waals surface area contributed by atoms with Crippen molar-refractivity contribution >= 4 is 23.1 Å². The lowest BCUT2D eigenvalue weighted by atomic mass is 10.2. The highest BCUT2D eigenvalue weighted by molar-refractivity contribution is 7.98. The highest BCUT2D eigenvalue weighted by atomic mass is 32.2. The molecule has 6 nitrogen and oxygen atoms in total. The molecule has 0 fully saturated rings. The summed E-state index contributed by atoms with van der Waals surface area (Å²) in [6, 6.07) is 7.95. The molecule has 2 aromatic heterocycles. The Labute approximate surface area is 149 Å². The van der Waals surface area contributed by atoms with Gasteiger partial charge in [0.05, 0.1) is 12.8 Å². The van der Waals surface area contributed by atoms with Gasteiger partial charge in [0.25, 0.3) is 0 Å². The highest BCUT2D eigenvalue weighted by Crippen LogP contribution is 2.29. The molecule has 0 bridgehead atoms. The number of nitrogens with zero attached hydrogens (tertiary/aromatic N) is 5. The van der Waals surface area contributed by atoms with Gasteiger partial charge in [-0.15, -0.1) is 16.4 Å². The molecule has 0 radical (unpaired) electrons. The van der Waals surface area contributed by atoms with E-state index >= 15 is 0 Å². The first-order valence-corrected chi connectivity index (χ1v) is 9.50. The van der Waals surface area contributed by atoms with E-state index in [1.807, 2.05) is 28.9 Å². The van der Waals surface area contributed by atoms with Crippen molar-refractivity contribution in [2.75, 3.05) is 7.11 Å². The molecule has 0 saturated carbocycles. The van der Waals surface area contributed by atoms with Crippen LogP contribution in [0.15, 0.2) is 34.8 Å². The van der Waals surface area contributed by atoms with Crippen LogP contribution >= 0.6 is 23.1 Å². The molecule has 1 aromatic carbocycles. The molecular formula is C16H19N5OS2. The zero-order valence-electron chi connectivity index (χ0n) is 13.8. The number of thioether (sulfide) groups is 1. The number of tetrazole rings is 1. The van der Waals surface area contributed by atoms with Gasteiger partial charge in [-0.25, -0.2) is 9.67 Å². The smallest absolute Gasteiger partial charge is 0.209 e. The maximum atomic E-state index is 5.27. The topological polar surface area (TPSA) is 65.7 Å². The van der Waals surface area contributed by atoms with Crippen LogP contribution in [0.3, 0.4) is 0 Å². The number of aromatic nitrogens is 5. The fraction of sp³-hybridized carbons (Fsp3) is 0.375. The van der Waals surface area contributed by atoms with Crippen molar-refractivity contribution in [2.45, 2.75) is 31.3 Å². The number of thiazole rings is 1. The Bertz CT molecular complexity index is 799.